The second-order valence-electron chi connectivity index (χ2n) is 7.94. The van der Waals surface area contributed by atoms with Crippen LogP contribution in [0.4, 0.5) is 10.5 Å². The van der Waals surface area contributed by atoms with Gasteiger partial charge in [0, 0.05) is 36.7 Å². The van der Waals surface area contributed by atoms with E-state index in [9.17, 15) is 9.59 Å². The molecular weight excluding hydrogens is 486 g/mol. The van der Waals surface area contributed by atoms with Crippen molar-refractivity contribution in [3.8, 4) is 0 Å². The lowest BCUT2D eigenvalue weighted by Gasteiger charge is -2.38. The van der Waals surface area contributed by atoms with Crippen LogP contribution in [0.5, 0.6) is 0 Å². The first-order valence-electron chi connectivity index (χ1n) is 9.94. The fraction of sp³-hybridized carbons (Fsp3) is 0.364. The molecule has 2 aliphatic rings. The molecule has 0 radical (unpaired) electrons. The summed E-state index contributed by atoms with van der Waals surface area (Å²) in [5, 5.41) is 7.45. The fourth-order valence-corrected chi connectivity index (χ4v) is 5.50. The Balaban J connectivity index is 1.30. The molecule has 8 heteroatoms. The smallest absolute Gasteiger partial charge is 0.321 e. The maximum absolute atomic E-state index is 12.7. The Hall–Kier alpha value is -1.83. The average molecular weight is 509 g/mol. The minimum Gasteiger partial charge on any atom is -0.339 e. The molecule has 1 aromatic heterocycles. The number of hydrogen-bond donors (Lipinski definition) is 1. The summed E-state index contributed by atoms with van der Waals surface area (Å²) in [7, 11) is 0. The molecule has 30 heavy (non-hydrogen) atoms. The van der Waals surface area contributed by atoms with Crippen molar-refractivity contribution in [3.05, 3.63) is 56.2 Å². The van der Waals surface area contributed by atoms with Gasteiger partial charge in [0.15, 0.2) is 0 Å². The molecule has 0 unspecified atom stereocenters. The van der Waals surface area contributed by atoms with Crippen LogP contribution in [-0.4, -0.2) is 47.9 Å². The Labute approximate surface area is 193 Å². The third-order valence-electron chi connectivity index (χ3n) is 6.00. The molecule has 2 saturated heterocycles. The van der Waals surface area contributed by atoms with Gasteiger partial charge in [0.05, 0.1) is 10.7 Å². The van der Waals surface area contributed by atoms with Gasteiger partial charge in [0.1, 0.15) is 0 Å². The van der Waals surface area contributed by atoms with Crippen molar-refractivity contribution in [1.29, 1.82) is 0 Å². The molecule has 2 aliphatic heterocycles. The van der Waals surface area contributed by atoms with Crippen LogP contribution in [0.1, 0.15) is 24.8 Å². The minimum absolute atomic E-state index is 0.0635. The number of amides is 3. The van der Waals surface area contributed by atoms with E-state index in [1.165, 1.54) is 0 Å². The van der Waals surface area contributed by atoms with Gasteiger partial charge in [-0.3, -0.25) is 4.79 Å². The highest BCUT2D eigenvalue weighted by Gasteiger charge is 2.42. The molecule has 1 spiro atoms. The van der Waals surface area contributed by atoms with Crippen LogP contribution in [0.15, 0.2) is 45.6 Å². The number of halogens is 2. The summed E-state index contributed by atoms with van der Waals surface area (Å²) in [5.41, 5.74) is 1.78. The number of piperidine rings is 1. The SMILES string of the molecule is O=C(/C=C/c1ccsc1)N1CCC2(CC1)CCN(C(=O)Nc1ccc(Br)cc1Cl)C2. The lowest BCUT2D eigenvalue weighted by Crippen LogP contribution is -2.44. The molecule has 1 aromatic carbocycles. The second-order valence-corrected chi connectivity index (χ2v) is 10.0. The number of carbonyl (C=O) groups is 2. The molecule has 0 bridgehead atoms. The first-order chi connectivity index (χ1) is 14.4. The summed E-state index contributed by atoms with van der Waals surface area (Å²) in [6.45, 7) is 2.92. The van der Waals surface area contributed by atoms with Crippen molar-refractivity contribution in [1.82, 2.24) is 9.80 Å². The lowest BCUT2D eigenvalue weighted by molar-refractivity contribution is -0.128. The van der Waals surface area contributed by atoms with Crippen LogP contribution in [-0.2, 0) is 4.79 Å². The molecule has 0 aliphatic carbocycles. The number of nitrogens with zero attached hydrogens (tertiary/aromatic N) is 2. The molecule has 2 aromatic rings. The molecule has 1 N–H and O–H groups in total. The molecule has 2 fully saturated rings. The van der Waals surface area contributed by atoms with Gasteiger partial charge in [0.25, 0.3) is 0 Å². The van der Waals surface area contributed by atoms with Crippen LogP contribution < -0.4 is 5.32 Å². The topological polar surface area (TPSA) is 52.7 Å². The van der Waals surface area contributed by atoms with Crippen LogP contribution >= 0.6 is 38.9 Å². The van der Waals surface area contributed by atoms with Crippen LogP contribution in [0.25, 0.3) is 6.08 Å². The highest BCUT2D eigenvalue weighted by atomic mass is 79.9. The number of hydrogen-bond acceptors (Lipinski definition) is 3. The minimum atomic E-state index is -0.117. The summed E-state index contributed by atoms with van der Waals surface area (Å²) in [6, 6.07) is 7.30. The van der Waals surface area contributed by atoms with E-state index in [4.69, 9.17) is 11.6 Å². The van der Waals surface area contributed by atoms with Crippen molar-refractivity contribution in [2.24, 2.45) is 5.41 Å². The van der Waals surface area contributed by atoms with Gasteiger partial charge in [-0.25, -0.2) is 4.79 Å². The predicted molar refractivity (Wildman–Crippen MR) is 126 cm³/mol. The molecule has 4 rings (SSSR count). The fourth-order valence-electron chi connectivity index (χ4n) is 4.15. The summed E-state index contributed by atoms with van der Waals surface area (Å²) in [4.78, 5) is 29.0. The zero-order valence-corrected chi connectivity index (χ0v) is 19.6. The highest BCUT2D eigenvalue weighted by molar-refractivity contribution is 9.10. The van der Waals surface area contributed by atoms with Gasteiger partial charge >= 0.3 is 6.03 Å². The van der Waals surface area contributed by atoms with Crippen LogP contribution in [0, 0.1) is 5.41 Å². The highest BCUT2D eigenvalue weighted by Crippen LogP contribution is 2.40. The Morgan fingerprint density at radius 1 is 1.13 bits per heavy atom. The Morgan fingerprint density at radius 2 is 1.87 bits per heavy atom. The van der Waals surface area contributed by atoms with E-state index in [-0.39, 0.29) is 17.4 Å². The van der Waals surface area contributed by atoms with Crippen molar-refractivity contribution >= 4 is 62.6 Å². The molecule has 5 nitrogen and oxygen atoms in total. The van der Waals surface area contributed by atoms with Gasteiger partial charge < -0.3 is 15.1 Å². The zero-order valence-electron chi connectivity index (χ0n) is 16.4. The average Bonchev–Trinajstić information content (AvgIpc) is 3.39. The first-order valence-corrected chi connectivity index (χ1v) is 12.1. The van der Waals surface area contributed by atoms with E-state index < -0.39 is 0 Å². The maximum atomic E-state index is 12.7. The van der Waals surface area contributed by atoms with E-state index in [0.29, 0.717) is 10.7 Å². The van der Waals surface area contributed by atoms with Crippen molar-refractivity contribution < 1.29 is 9.59 Å². The van der Waals surface area contributed by atoms with Gasteiger partial charge in [-0.15, -0.1) is 0 Å². The summed E-state index contributed by atoms with van der Waals surface area (Å²) in [6.07, 6.45) is 6.36. The van der Waals surface area contributed by atoms with Gasteiger partial charge in [-0.1, -0.05) is 27.5 Å². The van der Waals surface area contributed by atoms with Gasteiger partial charge in [-0.05, 0) is 71.3 Å². The Morgan fingerprint density at radius 3 is 2.53 bits per heavy atom. The molecule has 3 heterocycles. The number of urea groups is 1. The van der Waals surface area contributed by atoms with Crippen LogP contribution in [0.3, 0.4) is 0 Å². The van der Waals surface area contributed by atoms with E-state index in [1.54, 1.807) is 29.5 Å². The van der Waals surface area contributed by atoms with Gasteiger partial charge in [-0.2, -0.15) is 11.3 Å². The third kappa shape index (κ3) is 4.90. The monoisotopic (exact) mass is 507 g/mol. The van der Waals surface area contributed by atoms with Crippen molar-refractivity contribution in [2.75, 3.05) is 31.5 Å². The number of likely N-dealkylation sites (tertiary alicyclic amines) is 2. The third-order valence-corrected chi connectivity index (χ3v) is 7.50. The maximum Gasteiger partial charge on any atom is 0.321 e. The Kier molecular flexibility index (Phi) is 6.51. The lowest BCUT2D eigenvalue weighted by atomic mass is 9.78. The number of carbonyl (C=O) groups excluding carboxylic acids is 2. The number of nitrogens with one attached hydrogen (secondary N) is 1. The number of thiophene rings is 1. The summed E-state index contributed by atoms with van der Waals surface area (Å²) < 4.78 is 0.872. The number of rotatable bonds is 3. The van der Waals surface area contributed by atoms with Crippen molar-refractivity contribution in [3.63, 3.8) is 0 Å². The molecule has 158 valence electrons. The molecule has 3 amide bonds. The summed E-state index contributed by atoms with van der Waals surface area (Å²) in [5.74, 6) is 0.0635. The van der Waals surface area contributed by atoms with E-state index in [1.807, 2.05) is 38.8 Å². The Bertz CT molecular complexity index is 955. The second kappa shape index (κ2) is 9.12. The van der Waals surface area contributed by atoms with E-state index >= 15 is 0 Å². The predicted octanol–water partition coefficient (Wildman–Crippen LogP) is 5.72. The number of anilines is 1. The van der Waals surface area contributed by atoms with Crippen molar-refractivity contribution in [2.45, 2.75) is 19.3 Å². The molecular formula is C22H23BrClN3O2S. The first kappa shape index (κ1) is 21.4. The standard InChI is InChI=1S/C22H23BrClN3O2S/c23-17-2-3-19(18(24)13-17)25-21(29)27-11-8-22(15-27)6-9-26(10-7-22)20(28)4-1-16-5-12-30-14-16/h1-5,12-14H,6-11,15H2,(H,25,29)/b4-1+. The van der Waals surface area contributed by atoms with E-state index in [0.717, 1.165) is 55.5 Å². The largest absolute Gasteiger partial charge is 0.339 e. The van der Waals surface area contributed by atoms with Crippen LogP contribution in [0.2, 0.25) is 5.02 Å². The quantitative estimate of drug-likeness (QED) is 0.539. The molecule has 0 saturated carbocycles. The summed E-state index contributed by atoms with van der Waals surface area (Å²) >= 11 is 11.2. The molecule has 0 atom stereocenters. The van der Waals surface area contributed by atoms with E-state index in [2.05, 4.69) is 21.2 Å². The number of benzene rings is 1. The normalized spacial score (nSPS) is 18.3. The zero-order chi connectivity index (χ0) is 21.1. The van der Waals surface area contributed by atoms with Gasteiger partial charge in [0.2, 0.25) is 5.91 Å².